The SMILES string of the molecule is Cc1cccc(CNC(=O)c2ccc(B(O)O)cc2F)c1. The van der Waals surface area contributed by atoms with Crippen LogP contribution in [0.5, 0.6) is 0 Å². The van der Waals surface area contributed by atoms with Crippen LogP contribution in [0.25, 0.3) is 0 Å². The average Bonchev–Trinajstić information content (AvgIpc) is 2.44. The van der Waals surface area contributed by atoms with Gasteiger partial charge in [-0.2, -0.15) is 0 Å². The molecule has 0 saturated heterocycles. The third-order valence-electron chi connectivity index (χ3n) is 3.07. The molecule has 0 aliphatic heterocycles. The molecular formula is C15H15BFNO3. The molecule has 0 aliphatic rings. The highest BCUT2D eigenvalue weighted by atomic mass is 19.1. The summed E-state index contributed by atoms with van der Waals surface area (Å²) in [5.41, 5.74) is 1.87. The summed E-state index contributed by atoms with van der Waals surface area (Å²) in [6.07, 6.45) is 0. The third-order valence-corrected chi connectivity index (χ3v) is 3.07. The van der Waals surface area contributed by atoms with Crippen LogP contribution in [0, 0.1) is 12.7 Å². The Bertz CT molecular complexity index is 661. The fourth-order valence-corrected chi connectivity index (χ4v) is 1.98. The number of aryl methyl sites for hydroxylation is 1. The molecule has 0 fully saturated rings. The lowest BCUT2D eigenvalue weighted by Crippen LogP contribution is -2.31. The zero-order valence-electron chi connectivity index (χ0n) is 11.5. The van der Waals surface area contributed by atoms with Crippen LogP contribution < -0.4 is 10.8 Å². The second kappa shape index (κ2) is 6.52. The Morgan fingerprint density at radius 2 is 2.00 bits per heavy atom. The Morgan fingerprint density at radius 1 is 1.24 bits per heavy atom. The van der Waals surface area contributed by atoms with Gasteiger partial charge in [-0.15, -0.1) is 0 Å². The Balaban J connectivity index is 2.07. The van der Waals surface area contributed by atoms with E-state index < -0.39 is 18.8 Å². The highest BCUT2D eigenvalue weighted by Gasteiger charge is 2.16. The van der Waals surface area contributed by atoms with Crippen molar-refractivity contribution in [3.8, 4) is 0 Å². The molecule has 2 aromatic rings. The molecule has 0 heterocycles. The molecule has 2 aromatic carbocycles. The summed E-state index contributed by atoms with van der Waals surface area (Å²) in [6.45, 7) is 2.24. The normalized spacial score (nSPS) is 10.3. The van der Waals surface area contributed by atoms with Gasteiger partial charge in [0, 0.05) is 6.54 Å². The van der Waals surface area contributed by atoms with Crippen molar-refractivity contribution in [3.63, 3.8) is 0 Å². The molecule has 0 unspecified atom stereocenters. The second-order valence-electron chi connectivity index (χ2n) is 4.78. The highest BCUT2D eigenvalue weighted by molar-refractivity contribution is 6.58. The predicted molar refractivity (Wildman–Crippen MR) is 78.6 cm³/mol. The maximum absolute atomic E-state index is 13.8. The van der Waals surface area contributed by atoms with E-state index in [-0.39, 0.29) is 11.0 Å². The lowest BCUT2D eigenvalue weighted by molar-refractivity contribution is 0.0947. The van der Waals surface area contributed by atoms with Crippen LogP contribution in [0.15, 0.2) is 42.5 Å². The van der Waals surface area contributed by atoms with E-state index in [1.165, 1.54) is 12.1 Å². The minimum Gasteiger partial charge on any atom is -0.423 e. The van der Waals surface area contributed by atoms with Gasteiger partial charge < -0.3 is 15.4 Å². The average molecular weight is 287 g/mol. The summed E-state index contributed by atoms with van der Waals surface area (Å²) in [5.74, 6) is -1.34. The van der Waals surface area contributed by atoms with Gasteiger partial charge in [0.15, 0.2) is 0 Å². The fourth-order valence-electron chi connectivity index (χ4n) is 1.98. The molecule has 1 amide bonds. The van der Waals surface area contributed by atoms with Crippen LogP contribution in [-0.2, 0) is 6.54 Å². The summed E-state index contributed by atoms with van der Waals surface area (Å²) < 4.78 is 13.8. The van der Waals surface area contributed by atoms with Crippen molar-refractivity contribution in [1.29, 1.82) is 0 Å². The van der Waals surface area contributed by atoms with Crippen molar-refractivity contribution in [2.45, 2.75) is 13.5 Å². The number of amides is 1. The standard InChI is InChI=1S/C15H15BFNO3/c1-10-3-2-4-11(7-10)9-18-15(19)13-6-5-12(16(20)21)8-14(13)17/h2-8,20-21H,9H2,1H3,(H,18,19). The first-order valence-corrected chi connectivity index (χ1v) is 6.46. The predicted octanol–water partition coefficient (Wildman–Crippen LogP) is 0.744. The Kier molecular flexibility index (Phi) is 4.72. The minimum atomic E-state index is -1.76. The quantitative estimate of drug-likeness (QED) is 0.727. The maximum atomic E-state index is 13.8. The molecule has 0 aliphatic carbocycles. The first kappa shape index (κ1) is 15.2. The Morgan fingerprint density at radius 3 is 2.62 bits per heavy atom. The number of carbonyl (C=O) groups is 1. The number of rotatable bonds is 4. The van der Waals surface area contributed by atoms with Crippen molar-refractivity contribution in [2.24, 2.45) is 0 Å². The molecule has 0 radical (unpaired) electrons. The van der Waals surface area contributed by atoms with E-state index in [4.69, 9.17) is 10.0 Å². The molecule has 0 atom stereocenters. The van der Waals surface area contributed by atoms with Crippen LogP contribution in [0.1, 0.15) is 21.5 Å². The first-order valence-electron chi connectivity index (χ1n) is 6.46. The fraction of sp³-hybridized carbons (Fsp3) is 0.133. The summed E-state index contributed by atoms with van der Waals surface area (Å²) in [5, 5.41) is 20.5. The summed E-state index contributed by atoms with van der Waals surface area (Å²) >= 11 is 0. The molecule has 6 heteroatoms. The monoisotopic (exact) mass is 287 g/mol. The van der Waals surface area contributed by atoms with Crippen molar-refractivity contribution < 1.29 is 19.2 Å². The van der Waals surface area contributed by atoms with Crippen molar-refractivity contribution >= 4 is 18.5 Å². The Hall–Kier alpha value is -2.18. The van der Waals surface area contributed by atoms with E-state index in [0.29, 0.717) is 6.54 Å². The molecule has 21 heavy (non-hydrogen) atoms. The molecule has 0 spiro atoms. The van der Waals surface area contributed by atoms with Gasteiger partial charge in [0.1, 0.15) is 5.82 Å². The number of halogens is 1. The molecule has 0 aromatic heterocycles. The van der Waals surface area contributed by atoms with Gasteiger partial charge in [-0.1, -0.05) is 35.9 Å². The van der Waals surface area contributed by atoms with Crippen LogP contribution in [0.4, 0.5) is 4.39 Å². The largest absolute Gasteiger partial charge is 0.488 e. The van der Waals surface area contributed by atoms with Crippen LogP contribution in [0.2, 0.25) is 0 Å². The van der Waals surface area contributed by atoms with Gasteiger partial charge in [0.05, 0.1) is 5.56 Å². The lowest BCUT2D eigenvalue weighted by atomic mass is 9.80. The summed E-state index contributed by atoms with van der Waals surface area (Å²) in [6, 6.07) is 11.1. The summed E-state index contributed by atoms with van der Waals surface area (Å²) in [7, 11) is -1.76. The number of benzene rings is 2. The second-order valence-corrected chi connectivity index (χ2v) is 4.78. The van der Waals surface area contributed by atoms with Crippen molar-refractivity contribution in [3.05, 3.63) is 65.0 Å². The van der Waals surface area contributed by atoms with Crippen LogP contribution in [0.3, 0.4) is 0 Å². The van der Waals surface area contributed by atoms with Gasteiger partial charge >= 0.3 is 7.12 Å². The number of hydrogen-bond acceptors (Lipinski definition) is 3. The first-order chi connectivity index (χ1) is 9.97. The van der Waals surface area contributed by atoms with Gasteiger partial charge in [0.25, 0.3) is 5.91 Å². The topological polar surface area (TPSA) is 69.6 Å². The van der Waals surface area contributed by atoms with Gasteiger partial charge in [0.2, 0.25) is 0 Å². The van der Waals surface area contributed by atoms with Gasteiger partial charge in [-0.3, -0.25) is 4.79 Å². The third kappa shape index (κ3) is 3.90. The number of hydrogen-bond donors (Lipinski definition) is 3. The molecule has 2 rings (SSSR count). The molecule has 3 N–H and O–H groups in total. The number of carbonyl (C=O) groups excluding carboxylic acids is 1. The molecule has 0 saturated carbocycles. The maximum Gasteiger partial charge on any atom is 0.488 e. The van der Waals surface area contributed by atoms with Gasteiger partial charge in [-0.25, -0.2) is 4.39 Å². The smallest absolute Gasteiger partial charge is 0.423 e. The molecule has 0 bridgehead atoms. The van der Waals surface area contributed by atoms with E-state index >= 15 is 0 Å². The molecular weight excluding hydrogens is 272 g/mol. The highest BCUT2D eigenvalue weighted by Crippen LogP contribution is 2.07. The molecule has 4 nitrogen and oxygen atoms in total. The van der Waals surface area contributed by atoms with Crippen LogP contribution >= 0.6 is 0 Å². The zero-order chi connectivity index (χ0) is 15.4. The summed E-state index contributed by atoms with van der Waals surface area (Å²) in [4.78, 5) is 11.9. The van der Waals surface area contributed by atoms with Crippen molar-refractivity contribution in [1.82, 2.24) is 5.32 Å². The molecule has 108 valence electrons. The van der Waals surface area contributed by atoms with E-state index in [0.717, 1.165) is 17.2 Å². The van der Waals surface area contributed by atoms with Crippen LogP contribution in [-0.4, -0.2) is 23.1 Å². The van der Waals surface area contributed by atoms with E-state index in [1.54, 1.807) is 0 Å². The minimum absolute atomic E-state index is 0.00253. The van der Waals surface area contributed by atoms with E-state index in [2.05, 4.69) is 5.32 Å². The zero-order valence-corrected chi connectivity index (χ0v) is 11.5. The van der Waals surface area contributed by atoms with Crippen molar-refractivity contribution in [2.75, 3.05) is 0 Å². The number of nitrogens with one attached hydrogen (secondary N) is 1. The lowest BCUT2D eigenvalue weighted by Gasteiger charge is -2.08. The Labute approximate surface area is 122 Å². The van der Waals surface area contributed by atoms with E-state index in [9.17, 15) is 9.18 Å². The van der Waals surface area contributed by atoms with Gasteiger partial charge in [-0.05, 0) is 30.1 Å². The van der Waals surface area contributed by atoms with E-state index in [1.807, 2.05) is 31.2 Å².